The van der Waals surface area contributed by atoms with Gasteiger partial charge in [0.1, 0.15) is 11.6 Å². The Hall–Kier alpha value is -2.68. The highest BCUT2D eigenvalue weighted by atomic mass is 16.5. The van der Waals surface area contributed by atoms with Gasteiger partial charge in [0, 0.05) is 5.56 Å². The molecular formula is C13H14N2O4. The molecule has 0 fully saturated rings. The largest absolute Gasteiger partial charge is 0.493 e. The summed E-state index contributed by atoms with van der Waals surface area (Å²) in [6.07, 6.45) is 1.34. The molecule has 1 amide bonds. The molecule has 0 heterocycles. The van der Waals surface area contributed by atoms with Crippen molar-refractivity contribution in [3.63, 3.8) is 0 Å². The molecule has 2 N–H and O–H groups in total. The molecule has 0 aliphatic rings. The number of primary amides is 1. The Bertz CT molecular complexity index is 558. The van der Waals surface area contributed by atoms with Crippen LogP contribution in [0, 0.1) is 11.3 Å². The molecule has 1 rings (SSSR count). The van der Waals surface area contributed by atoms with E-state index in [-0.39, 0.29) is 5.57 Å². The van der Waals surface area contributed by atoms with Gasteiger partial charge < -0.3 is 19.9 Å². The maximum atomic E-state index is 11.0. The highest BCUT2D eigenvalue weighted by molar-refractivity contribution is 6.01. The standard InChI is InChI=1S/C13H14N2O4/c1-17-10-5-4-8(6-9(7-14)13(15)16)11(18-2)12(10)19-3/h4-6H,1-3H3,(H2,15,16). The fraction of sp³-hybridized carbons (Fsp3) is 0.231. The third-order valence-corrected chi connectivity index (χ3v) is 2.42. The third-order valence-electron chi connectivity index (χ3n) is 2.42. The molecule has 0 unspecified atom stereocenters. The molecule has 0 saturated carbocycles. The molecule has 0 spiro atoms. The van der Waals surface area contributed by atoms with E-state index in [2.05, 4.69) is 0 Å². The highest BCUT2D eigenvalue weighted by Crippen LogP contribution is 2.40. The van der Waals surface area contributed by atoms with Crippen LogP contribution >= 0.6 is 0 Å². The smallest absolute Gasteiger partial charge is 0.259 e. The van der Waals surface area contributed by atoms with Crippen LogP contribution in [0.1, 0.15) is 5.56 Å². The van der Waals surface area contributed by atoms with Crippen LogP contribution in [-0.4, -0.2) is 27.2 Å². The Labute approximate surface area is 111 Å². The van der Waals surface area contributed by atoms with Crippen LogP contribution in [0.15, 0.2) is 17.7 Å². The van der Waals surface area contributed by atoms with Crippen LogP contribution in [0.3, 0.4) is 0 Å². The van der Waals surface area contributed by atoms with Gasteiger partial charge in [0.15, 0.2) is 11.5 Å². The molecule has 6 nitrogen and oxygen atoms in total. The molecule has 0 bridgehead atoms. The number of amides is 1. The number of hydrogen-bond acceptors (Lipinski definition) is 5. The molecule has 0 aliphatic heterocycles. The van der Waals surface area contributed by atoms with E-state index >= 15 is 0 Å². The van der Waals surface area contributed by atoms with E-state index in [1.54, 1.807) is 18.2 Å². The summed E-state index contributed by atoms with van der Waals surface area (Å²) >= 11 is 0. The summed E-state index contributed by atoms with van der Waals surface area (Å²) in [6, 6.07) is 5.01. The number of methoxy groups -OCH3 is 3. The number of rotatable bonds is 5. The van der Waals surface area contributed by atoms with Crippen molar-refractivity contribution < 1.29 is 19.0 Å². The first-order valence-electron chi connectivity index (χ1n) is 5.29. The molecule has 19 heavy (non-hydrogen) atoms. The minimum Gasteiger partial charge on any atom is -0.493 e. The van der Waals surface area contributed by atoms with Crippen LogP contribution in [0.2, 0.25) is 0 Å². The van der Waals surface area contributed by atoms with Crippen LogP contribution in [-0.2, 0) is 4.79 Å². The maximum absolute atomic E-state index is 11.0. The van der Waals surface area contributed by atoms with Crippen molar-refractivity contribution in [3.8, 4) is 23.3 Å². The van der Waals surface area contributed by atoms with Crippen molar-refractivity contribution in [3.05, 3.63) is 23.3 Å². The number of benzene rings is 1. The average Bonchev–Trinajstić information content (AvgIpc) is 2.42. The van der Waals surface area contributed by atoms with Gasteiger partial charge >= 0.3 is 0 Å². The molecule has 1 aromatic rings. The van der Waals surface area contributed by atoms with Crippen molar-refractivity contribution in [1.82, 2.24) is 0 Å². The summed E-state index contributed by atoms with van der Waals surface area (Å²) in [6.45, 7) is 0. The zero-order valence-corrected chi connectivity index (χ0v) is 10.9. The fourth-order valence-corrected chi connectivity index (χ4v) is 1.55. The molecule has 0 aromatic heterocycles. The quantitative estimate of drug-likeness (QED) is 0.633. The van der Waals surface area contributed by atoms with Gasteiger partial charge in [-0.3, -0.25) is 4.79 Å². The number of carbonyl (C=O) groups excluding carboxylic acids is 1. The van der Waals surface area contributed by atoms with Crippen LogP contribution in [0.4, 0.5) is 0 Å². The molecular weight excluding hydrogens is 248 g/mol. The van der Waals surface area contributed by atoms with Crippen LogP contribution in [0.5, 0.6) is 17.2 Å². The monoisotopic (exact) mass is 262 g/mol. The lowest BCUT2D eigenvalue weighted by Gasteiger charge is -2.14. The van der Waals surface area contributed by atoms with Gasteiger partial charge in [-0.2, -0.15) is 5.26 Å². The first-order chi connectivity index (χ1) is 9.08. The van der Waals surface area contributed by atoms with Crippen molar-refractivity contribution in [2.75, 3.05) is 21.3 Å². The van der Waals surface area contributed by atoms with E-state index in [9.17, 15) is 4.79 Å². The molecule has 6 heteroatoms. The zero-order valence-electron chi connectivity index (χ0n) is 10.9. The number of nitriles is 1. The molecule has 1 aromatic carbocycles. The SMILES string of the molecule is COc1ccc(C=C(C#N)C(N)=O)c(OC)c1OC. The number of nitrogens with two attached hydrogens (primary N) is 1. The van der Waals surface area contributed by atoms with Crippen molar-refractivity contribution in [2.24, 2.45) is 5.73 Å². The predicted octanol–water partition coefficient (Wildman–Crippen LogP) is 1.10. The van der Waals surface area contributed by atoms with E-state index in [0.717, 1.165) is 0 Å². The van der Waals surface area contributed by atoms with Gasteiger partial charge in [0.05, 0.1) is 21.3 Å². The van der Waals surface area contributed by atoms with Crippen molar-refractivity contribution >= 4 is 12.0 Å². The highest BCUT2D eigenvalue weighted by Gasteiger charge is 2.15. The maximum Gasteiger partial charge on any atom is 0.259 e. The van der Waals surface area contributed by atoms with Gasteiger partial charge in [-0.05, 0) is 18.2 Å². The first kappa shape index (κ1) is 14.4. The van der Waals surface area contributed by atoms with E-state index in [0.29, 0.717) is 22.8 Å². The van der Waals surface area contributed by atoms with Crippen LogP contribution in [0.25, 0.3) is 6.08 Å². The number of ether oxygens (including phenoxy) is 3. The van der Waals surface area contributed by atoms with Gasteiger partial charge in [-0.25, -0.2) is 0 Å². The first-order valence-corrected chi connectivity index (χ1v) is 5.29. The number of carbonyl (C=O) groups is 1. The van der Waals surface area contributed by atoms with Gasteiger partial charge in [0.25, 0.3) is 5.91 Å². The number of hydrogen-bond donors (Lipinski definition) is 1. The number of nitrogens with zero attached hydrogens (tertiary/aromatic N) is 1. The molecule has 100 valence electrons. The second-order valence-corrected chi connectivity index (χ2v) is 3.46. The average molecular weight is 262 g/mol. The second kappa shape index (κ2) is 6.31. The Morgan fingerprint density at radius 3 is 2.26 bits per heavy atom. The minimum atomic E-state index is -0.806. The van der Waals surface area contributed by atoms with Crippen molar-refractivity contribution in [2.45, 2.75) is 0 Å². The lowest BCUT2D eigenvalue weighted by Crippen LogP contribution is -2.12. The molecule has 0 saturated heterocycles. The summed E-state index contributed by atoms with van der Waals surface area (Å²) in [4.78, 5) is 11.0. The fourth-order valence-electron chi connectivity index (χ4n) is 1.55. The third kappa shape index (κ3) is 2.96. The van der Waals surface area contributed by atoms with Gasteiger partial charge in [-0.15, -0.1) is 0 Å². The predicted molar refractivity (Wildman–Crippen MR) is 68.9 cm³/mol. The normalized spacial score (nSPS) is 10.5. The zero-order chi connectivity index (χ0) is 14.4. The van der Waals surface area contributed by atoms with E-state index in [1.165, 1.54) is 27.4 Å². The van der Waals surface area contributed by atoms with Crippen molar-refractivity contribution in [1.29, 1.82) is 5.26 Å². The van der Waals surface area contributed by atoms with E-state index < -0.39 is 5.91 Å². The van der Waals surface area contributed by atoms with E-state index in [1.807, 2.05) is 0 Å². The summed E-state index contributed by atoms with van der Waals surface area (Å²) in [5.74, 6) is 0.407. The summed E-state index contributed by atoms with van der Waals surface area (Å²) in [5, 5.41) is 8.83. The minimum absolute atomic E-state index is 0.175. The van der Waals surface area contributed by atoms with Crippen LogP contribution < -0.4 is 19.9 Å². The lowest BCUT2D eigenvalue weighted by atomic mass is 10.1. The molecule has 0 atom stereocenters. The van der Waals surface area contributed by atoms with Gasteiger partial charge in [-0.1, -0.05) is 0 Å². The Morgan fingerprint density at radius 1 is 1.21 bits per heavy atom. The van der Waals surface area contributed by atoms with Gasteiger partial charge in [0.2, 0.25) is 5.75 Å². The lowest BCUT2D eigenvalue weighted by molar-refractivity contribution is -0.114. The second-order valence-electron chi connectivity index (χ2n) is 3.46. The molecule has 0 radical (unpaired) electrons. The Balaban J connectivity index is 3.46. The topological polar surface area (TPSA) is 94.6 Å². The molecule has 0 aliphatic carbocycles. The summed E-state index contributed by atoms with van der Waals surface area (Å²) in [7, 11) is 4.41. The Morgan fingerprint density at radius 2 is 1.84 bits per heavy atom. The summed E-state index contributed by atoms with van der Waals surface area (Å²) < 4.78 is 15.6. The Kier molecular flexibility index (Phi) is 4.77. The van der Waals surface area contributed by atoms with E-state index in [4.69, 9.17) is 25.2 Å². The summed E-state index contributed by atoms with van der Waals surface area (Å²) in [5.41, 5.74) is 5.41.